The quantitative estimate of drug-likeness (QED) is 0.229. The summed E-state index contributed by atoms with van der Waals surface area (Å²) in [5, 5.41) is 1.35. The van der Waals surface area contributed by atoms with Crippen LogP contribution in [0.2, 0.25) is 10.0 Å². The van der Waals surface area contributed by atoms with Crippen LogP contribution in [0.5, 0.6) is 5.75 Å². The Hall–Kier alpha value is -3.26. The molecule has 0 spiro atoms. The van der Waals surface area contributed by atoms with E-state index in [0.717, 1.165) is 28.2 Å². The van der Waals surface area contributed by atoms with Gasteiger partial charge in [-0.05, 0) is 53.7 Å². The van der Waals surface area contributed by atoms with Gasteiger partial charge in [0.1, 0.15) is 6.61 Å². The number of rotatable bonds is 7. The SMILES string of the molecule is O=C1S/C(=C\c2cn(CCOc3ccccc3F)c3ccccc23)C(=O)N1Cc1ccc(Cl)c(Cl)c1. The second-order valence-corrected chi connectivity index (χ2v) is 9.90. The number of halogens is 3. The van der Waals surface area contributed by atoms with Crippen molar-refractivity contribution in [3.8, 4) is 5.75 Å². The fourth-order valence-electron chi connectivity index (χ4n) is 3.99. The van der Waals surface area contributed by atoms with E-state index in [2.05, 4.69) is 0 Å². The molecule has 2 amide bonds. The van der Waals surface area contributed by atoms with Crippen molar-refractivity contribution in [3.05, 3.63) is 105 Å². The van der Waals surface area contributed by atoms with E-state index in [9.17, 15) is 14.0 Å². The van der Waals surface area contributed by atoms with Crippen molar-refractivity contribution in [2.75, 3.05) is 6.61 Å². The van der Waals surface area contributed by atoms with Crippen molar-refractivity contribution in [1.29, 1.82) is 0 Å². The Kier molecular flexibility index (Phi) is 7.05. The Balaban J connectivity index is 1.36. The number of fused-ring (bicyclic) bond motifs is 1. The number of imide groups is 1. The molecule has 0 unspecified atom stereocenters. The summed E-state index contributed by atoms with van der Waals surface area (Å²) in [7, 11) is 0. The van der Waals surface area contributed by atoms with E-state index < -0.39 is 5.82 Å². The molecular weight excluding hydrogens is 522 g/mol. The summed E-state index contributed by atoms with van der Waals surface area (Å²) in [5.74, 6) is -0.576. The molecule has 0 saturated carbocycles. The molecule has 9 heteroatoms. The van der Waals surface area contributed by atoms with Crippen molar-refractivity contribution >= 4 is 63.1 Å². The summed E-state index contributed by atoms with van der Waals surface area (Å²) < 4.78 is 21.5. The minimum Gasteiger partial charge on any atom is -0.489 e. The van der Waals surface area contributed by atoms with Crippen LogP contribution in [-0.2, 0) is 17.9 Å². The Morgan fingerprint density at radius 2 is 1.75 bits per heavy atom. The average Bonchev–Trinajstić information content (AvgIpc) is 3.34. The van der Waals surface area contributed by atoms with E-state index in [0.29, 0.717) is 27.1 Å². The summed E-state index contributed by atoms with van der Waals surface area (Å²) >= 11 is 12.9. The Morgan fingerprint density at radius 3 is 2.56 bits per heavy atom. The third-order valence-electron chi connectivity index (χ3n) is 5.73. The monoisotopic (exact) mass is 540 g/mol. The Labute approximate surface area is 221 Å². The van der Waals surface area contributed by atoms with Crippen LogP contribution in [0, 0.1) is 5.82 Å². The molecule has 0 radical (unpaired) electrons. The van der Waals surface area contributed by atoms with Gasteiger partial charge in [0, 0.05) is 22.7 Å². The van der Waals surface area contributed by atoms with E-state index in [1.54, 1.807) is 42.5 Å². The first kappa shape index (κ1) is 24.4. The lowest BCUT2D eigenvalue weighted by molar-refractivity contribution is -0.123. The van der Waals surface area contributed by atoms with Crippen LogP contribution in [0.15, 0.2) is 77.8 Å². The zero-order valence-corrected chi connectivity index (χ0v) is 21.1. The summed E-state index contributed by atoms with van der Waals surface area (Å²) in [6.45, 7) is 0.842. The number of aromatic nitrogens is 1. The van der Waals surface area contributed by atoms with Crippen molar-refractivity contribution in [2.45, 2.75) is 13.1 Å². The predicted molar refractivity (Wildman–Crippen MR) is 142 cm³/mol. The fourth-order valence-corrected chi connectivity index (χ4v) is 5.14. The first-order valence-corrected chi connectivity index (χ1v) is 12.6. The van der Waals surface area contributed by atoms with Crippen LogP contribution in [0.25, 0.3) is 17.0 Å². The number of carbonyl (C=O) groups excluding carboxylic acids is 2. The molecule has 1 aliphatic rings. The fraction of sp³-hybridized carbons (Fsp3) is 0.111. The lowest BCUT2D eigenvalue weighted by Crippen LogP contribution is -2.27. The lowest BCUT2D eigenvalue weighted by Gasteiger charge is -2.12. The highest BCUT2D eigenvalue weighted by Gasteiger charge is 2.35. The van der Waals surface area contributed by atoms with E-state index in [-0.39, 0.29) is 30.0 Å². The third-order valence-corrected chi connectivity index (χ3v) is 7.38. The Bertz CT molecular complexity index is 1520. The van der Waals surface area contributed by atoms with E-state index in [1.165, 1.54) is 11.0 Å². The molecule has 1 fully saturated rings. The molecular formula is C27H19Cl2FN2O3S. The first-order valence-electron chi connectivity index (χ1n) is 11.1. The summed E-state index contributed by atoms with van der Waals surface area (Å²) in [6, 6.07) is 19.0. The number of carbonyl (C=O) groups is 2. The normalized spacial score (nSPS) is 14.9. The molecule has 1 aromatic heterocycles. The van der Waals surface area contributed by atoms with Crippen LogP contribution >= 0.6 is 35.0 Å². The largest absolute Gasteiger partial charge is 0.489 e. The van der Waals surface area contributed by atoms with Gasteiger partial charge < -0.3 is 9.30 Å². The van der Waals surface area contributed by atoms with Crippen LogP contribution in [-0.4, -0.2) is 27.2 Å². The van der Waals surface area contributed by atoms with Crippen molar-refractivity contribution in [3.63, 3.8) is 0 Å². The van der Waals surface area contributed by atoms with Gasteiger partial charge in [0.05, 0.1) is 28.0 Å². The van der Waals surface area contributed by atoms with Crippen LogP contribution in [0.4, 0.5) is 9.18 Å². The molecule has 0 atom stereocenters. The number of para-hydroxylation sites is 2. The highest BCUT2D eigenvalue weighted by molar-refractivity contribution is 8.18. The van der Waals surface area contributed by atoms with Gasteiger partial charge in [-0.2, -0.15) is 0 Å². The molecule has 182 valence electrons. The average molecular weight is 541 g/mol. The van der Waals surface area contributed by atoms with E-state index in [4.69, 9.17) is 27.9 Å². The van der Waals surface area contributed by atoms with Crippen molar-refractivity contribution in [2.24, 2.45) is 0 Å². The predicted octanol–water partition coefficient (Wildman–Crippen LogP) is 7.40. The molecule has 0 bridgehead atoms. The van der Waals surface area contributed by atoms with Gasteiger partial charge in [-0.25, -0.2) is 4.39 Å². The zero-order chi connectivity index (χ0) is 25.2. The van der Waals surface area contributed by atoms with Crippen LogP contribution in [0.3, 0.4) is 0 Å². The maximum absolute atomic E-state index is 13.9. The molecule has 2 heterocycles. The Morgan fingerprint density at radius 1 is 0.972 bits per heavy atom. The van der Waals surface area contributed by atoms with Crippen LogP contribution < -0.4 is 4.74 Å². The van der Waals surface area contributed by atoms with Crippen molar-refractivity contribution in [1.82, 2.24) is 9.47 Å². The summed E-state index contributed by atoms with van der Waals surface area (Å²) in [6.07, 6.45) is 3.64. The standard InChI is InChI=1S/C27H19Cl2FN2O3S/c28-20-10-9-17(13-21(20)29)15-32-26(33)25(36-27(32)34)14-18-16-31(23-7-3-1-5-19(18)23)11-12-35-24-8-4-2-6-22(24)30/h1-10,13-14,16H,11-12,15H2/b25-14-. The van der Waals surface area contributed by atoms with Gasteiger partial charge in [-0.15, -0.1) is 0 Å². The minimum absolute atomic E-state index is 0.105. The number of hydrogen-bond acceptors (Lipinski definition) is 4. The second-order valence-electron chi connectivity index (χ2n) is 8.09. The number of benzene rings is 3. The molecule has 36 heavy (non-hydrogen) atoms. The second kappa shape index (κ2) is 10.4. The van der Waals surface area contributed by atoms with Gasteiger partial charge in [-0.1, -0.05) is 59.6 Å². The highest BCUT2D eigenvalue weighted by Crippen LogP contribution is 2.35. The zero-order valence-electron chi connectivity index (χ0n) is 18.8. The number of thioether (sulfide) groups is 1. The minimum atomic E-state index is -0.410. The maximum atomic E-state index is 13.9. The van der Waals surface area contributed by atoms with E-state index >= 15 is 0 Å². The van der Waals surface area contributed by atoms with Crippen molar-refractivity contribution < 1.29 is 18.7 Å². The summed E-state index contributed by atoms with van der Waals surface area (Å²) in [4.78, 5) is 27.2. The molecule has 1 aliphatic heterocycles. The molecule has 1 saturated heterocycles. The summed E-state index contributed by atoms with van der Waals surface area (Å²) in [5.41, 5.74) is 2.45. The molecule has 4 aromatic rings. The topological polar surface area (TPSA) is 51.5 Å². The lowest BCUT2D eigenvalue weighted by atomic mass is 10.1. The smallest absolute Gasteiger partial charge is 0.293 e. The third kappa shape index (κ3) is 5.00. The molecule has 3 aromatic carbocycles. The highest BCUT2D eigenvalue weighted by atomic mass is 35.5. The number of ether oxygens (including phenoxy) is 1. The van der Waals surface area contributed by atoms with E-state index in [1.807, 2.05) is 35.0 Å². The number of hydrogen-bond donors (Lipinski definition) is 0. The molecule has 5 nitrogen and oxygen atoms in total. The van der Waals surface area contributed by atoms with Gasteiger partial charge >= 0.3 is 0 Å². The first-order chi connectivity index (χ1) is 17.4. The molecule has 5 rings (SSSR count). The number of amides is 2. The van der Waals surface area contributed by atoms with Gasteiger partial charge in [-0.3, -0.25) is 14.5 Å². The molecule has 0 aliphatic carbocycles. The van der Waals surface area contributed by atoms with Gasteiger partial charge in [0.25, 0.3) is 11.1 Å². The van der Waals surface area contributed by atoms with Gasteiger partial charge in [0.15, 0.2) is 11.6 Å². The maximum Gasteiger partial charge on any atom is 0.293 e. The molecule has 0 N–H and O–H groups in total. The van der Waals surface area contributed by atoms with Gasteiger partial charge in [0.2, 0.25) is 0 Å². The number of nitrogens with zero attached hydrogens (tertiary/aromatic N) is 2. The van der Waals surface area contributed by atoms with Crippen LogP contribution in [0.1, 0.15) is 11.1 Å².